The Labute approximate surface area is 141 Å². The molecule has 1 aliphatic heterocycles. The maximum atomic E-state index is 12.0. The summed E-state index contributed by atoms with van der Waals surface area (Å²) >= 11 is 0. The maximum absolute atomic E-state index is 12.0. The predicted molar refractivity (Wildman–Crippen MR) is 87.6 cm³/mol. The molecular formula is C17H23N3O4. The summed E-state index contributed by atoms with van der Waals surface area (Å²) < 4.78 is 4.96. The van der Waals surface area contributed by atoms with Gasteiger partial charge < -0.3 is 15.0 Å². The summed E-state index contributed by atoms with van der Waals surface area (Å²) in [4.78, 5) is 41.1. The quantitative estimate of drug-likeness (QED) is 0.802. The van der Waals surface area contributed by atoms with E-state index in [1.807, 2.05) is 0 Å². The van der Waals surface area contributed by atoms with Gasteiger partial charge in [-0.15, -0.1) is 0 Å². The van der Waals surface area contributed by atoms with Gasteiger partial charge in [0.25, 0.3) is 0 Å². The third-order valence-electron chi connectivity index (χ3n) is 3.95. The van der Waals surface area contributed by atoms with Crippen LogP contribution in [-0.4, -0.2) is 53.4 Å². The molecule has 1 N–H and O–H groups in total. The number of aromatic nitrogens is 1. The Morgan fingerprint density at radius 2 is 2.04 bits per heavy atom. The van der Waals surface area contributed by atoms with Crippen LogP contribution >= 0.6 is 0 Å². The Bertz CT molecular complexity index is 568. The molecule has 2 rings (SSSR count). The third kappa shape index (κ3) is 5.33. The molecule has 0 unspecified atom stereocenters. The fourth-order valence-corrected chi connectivity index (χ4v) is 2.62. The Morgan fingerprint density at radius 3 is 2.67 bits per heavy atom. The smallest absolute Gasteiger partial charge is 0.409 e. The second-order valence-electron chi connectivity index (χ2n) is 5.69. The number of ether oxygens (including phenoxy) is 1. The van der Waals surface area contributed by atoms with Crippen molar-refractivity contribution in [2.24, 2.45) is 0 Å². The number of amides is 2. The van der Waals surface area contributed by atoms with Gasteiger partial charge >= 0.3 is 6.09 Å². The Morgan fingerprint density at radius 1 is 1.29 bits per heavy atom. The zero-order valence-corrected chi connectivity index (χ0v) is 13.9. The zero-order valence-electron chi connectivity index (χ0n) is 13.9. The molecule has 0 aromatic carbocycles. The highest BCUT2D eigenvalue weighted by molar-refractivity contribution is 5.97. The molecule has 24 heavy (non-hydrogen) atoms. The Kier molecular flexibility index (Phi) is 6.72. The van der Waals surface area contributed by atoms with Gasteiger partial charge in [-0.3, -0.25) is 14.6 Å². The van der Waals surface area contributed by atoms with Crippen molar-refractivity contribution in [1.82, 2.24) is 15.2 Å². The first-order chi connectivity index (χ1) is 11.6. The Hall–Kier alpha value is -2.44. The van der Waals surface area contributed by atoms with Gasteiger partial charge in [-0.05, 0) is 31.9 Å². The number of carbonyl (C=O) groups excluding carboxylic acids is 3. The molecule has 1 aromatic rings. The van der Waals surface area contributed by atoms with Crippen LogP contribution in [0.25, 0.3) is 0 Å². The maximum Gasteiger partial charge on any atom is 0.409 e. The first-order valence-electron chi connectivity index (χ1n) is 8.24. The molecule has 0 atom stereocenters. The molecule has 7 heteroatoms. The topological polar surface area (TPSA) is 88.6 Å². The minimum Gasteiger partial charge on any atom is -0.450 e. The number of rotatable bonds is 6. The van der Waals surface area contributed by atoms with E-state index < -0.39 is 0 Å². The van der Waals surface area contributed by atoms with Crippen LogP contribution in [0, 0.1) is 0 Å². The van der Waals surface area contributed by atoms with Crippen molar-refractivity contribution in [2.45, 2.75) is 38.6 Å². The van der Waals surface area contributed by atoms with E-state index in [1.54, 1.807) is 30.2 Å². The number of ketones is 1. The van der Waals surface area contributed by atoms with Crippen LogP contribution in [0.2, 0.25) is 0 Å². The standard InChI is InChI=1S/C17H23N3O4/c1-2-24-17(23)20-10-7-14(8-11-20)19-16(22)6-5-15(21)13-4-3-9-18-12-13/h3-4,9,12,14H,2,5-8,10-11H2,1H3,(H,19,22). The number of Topliss-reactive ketones (excluding diaryl/α,β-unsaturated/α-hetero) is 1. The number of piperidine rings is 1. The highest BCUT2D eigenvalue weighted by Crippen LogP contribution is 2.12. The van der Waals surface area contributed by atoms with E-state index in [9.17, 15) is 14.4 Å². The number of pyridine rings is 1. The van der Waals surface area contributed by atoms with E-state index in [-0.39, 0.29) is 36.7 Å². The first-order valence-corrected chi connectivity index (χ1v) is 8.24. The monoisotopic (exact) mass is 333 g/mol. The van der Waals surface area contributed by atoms with Gasteiger partial charge in [-0.25, -0.2) is 4.79 Å². The summed E-state index contributed by atoms with van der Waals surface area (Å²) in [5.41, 5.74) is 0.521. The van der Waals surface area contributed by atoms with Crippen molar-refractivity contribution in [3.63, 3.8) is 0 Å². The second-order valence-corrected chi connectivity index (χ2v) is 5.69. The van der Waals surface area contributed by atoms with E-state index in [2.05, 4.69) is 10.3 Å². The molecule has 1 saturated heterocycles. The molecule has 0 radical (unpaired) electrons. The van der Waals surface area contributed by atoms with E-state index >= 15 is 0 Å². The average molecular weight is 333 g/mol. The molecule has 0 spiro atoms. The number of nitrogens with one attached hydrogen (secondary N) is 1. The van der Waals surface area contributed by atoms with Crippen LogP contribution in [0.3, 0.4) is 0 Å². The van der Waals surface area contributed by atoms with Crippen molar-refractivity contribution in [1.29, 1.82) is 0 Å². The van der Waals surface area contributed by atoms with Crippen LogP contribution in [-0.2, 0) is 9.53 Å². The highest BCUT2D eigenvalue weighted by atomic mass is 16.6. The normalized spacial score (nSPS) is 15.0. The van der Waals surface area contributed by atoms with Crippen molar-refractivity contribution >= 4 is 17.8 Å². The lowest BCUT2D eigenvalue weighted by Crippen LogP contribution is -2.46. The van der Waals surface area contributed by atoms with E-state index in [0.29, 0.717) is 38.1 Å². The van der Waals surface area contributed by atoms with Crippen LogP contribution < -0.4 is 5.32 Å². The van der Waals surface area contributed by atoms with Gasteiger partial charge in [0.1, 0.15) is 0 Å². The van der Waals surface area contributed by atoms with Crippen molar-refractivity contribution in [3.8, 4) is 0 Å². The summed E-state index contributed by atoms with van der Waals surface area (Å²) in [7, 11) is 0. The van der Waals surface area contributed by atoms with Crippen LogP contribution in [0.1, 0.15) is 43.0 Å². The van der Waals surface area contributed by atoms with Crippen molar-refractivity contribution in [3.05, 3.63) is 30.1 Å². The van der Waals surface area contributed by atoms with E-state index in [1.165, 1.54) is 6.20 Å². The number of hydrogen-bond acceptors (Lipinski definition) is 5. The number of hydrogen-bond donors (Lipinski definition) is 1. The van der Waals surface area contributed by atoms with Gasteiger partial charge in [0.05, 0.1) is 6.61 Å². The summed E-state index contributed by atoms with van der Waals surface area (Å²) in [6.07, 6.45) is 4.52. The summed E-state index contributed by atoms with van der Waals surface area (Å²) in [6, 6.07) is 3.43. The summed E-state index contributed by atoms with van der Waals surface area (Å²) in [5, 5.41) is 2.93. The van der Waals surface area contributed by atoms with Gasteiger partial charge in [-0.2, -0.15) is 0 Å². The minimum absolute atomic E-state index is 0.0386. The van der Waals surface area contributed by atoms with Gasteiger partial charge in [-0.1, -0.05) is 0 Å². The van der Waals surface area contributed by atoms with Crippen LogP contribution in [0.4, 0.5) is 4.79 Å². The van der Waals surface area contributed by atoms with E-state index in [4.69, 9.17) is 4.74 Å². The molecule has 0 saturated carbocycles. The van der Waals surface area contributed by atoms with Gasteiger partial charge in [0, 0.05) is 49.9 Å². The number of likely N-dealkylation sites (tertiary alicyclic amines) is 1. The molecule has 1 aromatic heterocycles. The van der Waals surface area contributed by atoms with Crippen molar-refractivity contribution in [2.75, 3.05) is 19.7 Å². The SMILES string of the molecule is CCOC(=O)N1CCC(NC(=O)CCC(=O)c2cccnc2)CC1. The lowest BCUT2D eigenvalue weighted by atomic mass is 10.0. The van der Waals surface area contributed by atoms with Gasteiger partial charge in [0.2, 0.25) is 5.91 Å². The molecule has 2 amide bonds. The summed E-state index contributed by atoms with van der Waals surface area (Å²) in [5.74, 6) is -0.225. The fourth-order valence-electron chi connectivity index (χ4n) is 2.62. The number of carbonyl (C=O) groups is 3. The van der Waals surface area contributed by atoms with E-state index in [0.717, 1.165) is 0 Å². The molecule has 0 bridgehead atoms. The van der Waals surface area contributed by atoms with Gasteiger partial charge in [0.15, 0.2) is 5.78 Å². The lowest BCUT2D eigenvalue weighted by molar-refractivity contribution is -0.122. The fraction of sp³-hybridized carbons (Fsp3) is 0.529. The zero-order chi connectivity index (χ0) is 17.4. The lowest BCUT2D eigenvalue weighted by Gasteiger charge is -2.31. The molecule has 0 aliphatic carbocycles. The molecule has 1 fully saturated rings. The highest BCUT2D eigenvalue weighted by Gasteiger charge is 2.24. The first kappa shape index (κ1) is 17.9. The van der Waals surface area contributed by atoms with Crippen LogP contribution in [0.5, 0.6) is 0 Å². The molecule has 130 valence electrons. The third-order valence-corrected chi connectivity index (χ3v) is 3.95. The summed E-state index contributed by atoms with van der Waals surface area (Å²) in [6.45, 7) is 3.27. The van der Waals surface area contributed by atoms with Crippen molar-refractivity contribution < 1.29 is 19.1 Å². The predicted octanol–water partition coefficient (Wildman–Crippen LogP) is 1.78. The molecule has 1 aliphatic rings. The van der Waals surface area contributed by atoms with Crippen LogP contribution in [0.15, 0.2) is 24.5 Å². The number of nitrogens with zero attached hydrogens (tertiary/aromatic N) is 2. The Balaban J connectivity index is 1.68. The minimum atomic E-state index is -0.302. The second kappa shape index (κ2) is 9.00. The molecule has 2 heterocycles. The average Bonchev–Trinajstić information content (AvgIpc) is 2.61. The largest absolute Gasteiger partial charge is 0.450 e. The molecular weight excluding hydrogens is 310 g/mol. The molecule has 7 nitrogen and oxygen atoms in total.